The quantitative estimate of drug-likeness (QED) is 0.464. The molecule has 0 saturated heterocycles. The minimum atomic E-state index is -0.525. The highest BCUT2D eigenvalue weighted by molar-refractivity contribution is 5.44. The highest BCUT2D eigenvalue weighted by atomic mass is 16.6. The molecule has 0 aliphatic heterocycles. The summed E-state index contributed by atoms with van der Waals surface area (Å²) in [4.78, 5) is 13.8. The minimum Gasteiger partial charge on any atom is -0.354 e. The van der Waals surface area contributed by atoms with Crippen LogP contribution in [0.4, 0.5) is 11.5 Å². The normalized spacial score (nSPS) is 10.5. The minimum absolute atomic E-state index is 0.0425. The summed E-state index contributed by atoms with van der Waals surface area (Å²) in [7, 11) is 0. The third-order valence-electron chi connectivity index (χ3n) is 1.76. The van der Waals surface area contributed by atoms with Crippen molar-refractivity contribution in [2.45, 2.75) is 19.4 Å². The van der Waals surface area contributed by atoms with E-state index in [1.54, 1.807) is 0 Å². The van der Waals surface area contributed by atoms with Crippen LogP contribution in [0.2, 0.25) is 0 Å². The van der Waals surface area contributed by atoms with Crippen LogP contribution in [-0.2, 0) is 0 Å². The SMILES string of the molecule is C#CC(C)(C)Nc1ccc([N+](=O)[O-])cn1. The molecule has 0 bridgehead atoms. The molecule has 0 radical (unpaired) electrons. The average Bonchev–Trinajstić information content (AvgIpc) is 2.18. The first-order valence-corrected chi connectivity index (χ1v) is 4.31. The molecule has 0 spiro atoms. The zero-order valence-electron chi connectivity index (χ0n) is 8.52. The van der Waals surface area contributed by atoms with E-state index in [2.05, 4.69) is 16.2 Å². The highest BCUT2D eigenvalue weighted by Gasteiger charge is 2.14. The van der Waals surface area contributed by atoms with Gasteiger partial charge in [-0.2, -0.15) is 0 Å². The van der Waals surface area contributed by atoms with Gasteiger partial charge in [-0.05, 0) is 19.9 Å². The monoisotopic (exact) mass is 205 g/mol. The lowest BCUT2D eigenvalue weighted by molar-refractivity contribution is -0.385. The molecule has 5 nitrogen and oxygen atoms in total. The highest BCUT2D eigenvalue weighted by Crippen LogP contribution is 2.15. The number of hydrogen-bond acceptors (Lipinski definition) is 4. The third kappa shape index (κ3) is 2.95. The van der Waals surface area contributed by atoms with Crippen molar-refractivity contribution in [2.75, 3.05) is 5.32 Å². The lowest BCUT2D eigenvalue weighted by Gasteiger charge is -2.19. The summed E-state index contributed by atoms with van der Waals surface area (Å²) in [6, 6.07) is 2.90. The number of anilines is 1. The number of rotatable bonds is 3. The predicted molar refractivity (Wildman–Crippen MR) is 57.4 cm³/mol. The van der Waals surface area contributed by atoms with E-state index in [-0.39, 0.29) is 5.69 Å². The molecule has 0 aliphatic carbocycles. The molecule has 0 aliphatic rings. The standard InChI is InChI=1S/C10H11N3O2/c1-4-10(2,3)12-9-6-5-8(7-11-9)13(14)15/h1,5-7H,2-3H3,(H,11,12). The Balaban J connectivity index is 2.83. The molecule has 0 amide bonds. The maximum atomic E-state index is 10.4. The van der Waals surface area contributed by atoms with Crippen molar-refractivity contribution in [3.63, 3.8) is 0 Å². The maximum absolute atomic E-state index is 10.4. The van der Waals surface area contributed by atoms with Crippen LogP contribution in [0, 0.1) is 22.5 Å². The van der Waals surface area contributed by atoms with E-state index in [0.29, 0.717) is 5.82 Å². The van der Waals surface area contributed by atoms with Gasteiger partial charge in [0.2, 0.25) is 0 Å². The first-order chi connectivity index (χ1) is 6.94. The van der Waals surface area contributed by atoms with Crippen LogP contribution in [0.1, 0.15) is 13.8 Å². The molecule has 0 atom stereocenters. The predicted octanol–water partition coefficient (Wildman–Crippen LogP) is 1.81. The van der Waals surface area contributed by atoms with Crippen LogP contribution in [0.3, 0.4) is 0 Å². The van der Waals surface area contributed by atoms with Gasteiger partial charge in [0.15, 0.2) is 0 Å². The average molecular weight is 205 g/mol. The first-order valence-electron chi connectivity index (χ1n) is 4.31. The first kappa shape index (κ1) is 11.0. The Bertz CT molecular complexity index is 404. The molecule has 0 unspecified atom stereocenters. The Morgan fingerprint density at radius 3 is 2.67 bits per heavy atom. The van der Waals surface area contributed by atoms with Crippen LogP contribution in [0.25, 0.3) is 0 Å². The molecule has 15 heavy (non-hydrogen) atoms. The van der Waals surface area contributed by atoms with E-state index >= 15 is 0 Å². The lowest BCUT2D eigenvalue weighted by atomic mass is 10.1. The molecule has 1 aromatic rings. The van der Waals surface area contributed by atoms with Gasteiger partial charge in [0.05, 0.1) is 10.5 Å². The molecular weight excluding hydrogens is 194 g/mol. The topological polar surface area (TPSA) is 68.1 Å². The number of nitro groups is 1. The van der Waals surface area contributed by atoms with Crippen LogP contribution >= 0.6 is 0 Å². The van der Waals surface area contributed by atoms with E-state index in [1.807, 2.05) is 13.8 Å². The van der Waals surface area contributed by atoms with Crippen LogP contribution in [-0.4, -0.2) is 15.4 Å². The molecular formula is C10H11N3O2. The van der Waals surface area contributed by atoms with Crippen molar-refractivity contribution in [1.29, 1.82) is 0 Å². The molecule has 1 N–H and O–H groups in total. The summed E-state index contributed by atoms with van der Waals surface area (Å²) >= 11 is 0. The molecule has 0 aromatic carbocycles. The Labute approximate surface area is 87.7 Å². The number of pyridine rings is 1. The number of terminal acetylenes is 1. The fourth-order valence-electron chi connectivity index (χ4n) is 0.924. The lowest BCUT2D eigenvalue weighted by Crippen LogP contribution is -2.28. The fourth-order valence-corrected chi connectivity index (χ4v) is 0.924. The van der Waals surface area contributed by atoms with E-state index in [0.717, 1.165) is 0 Å². The molecule has 0 fully saturated rings. The molecule has 1 heterocycles. The number of nitrogens with zero attached hydrogens (tertiary/aromatic N) is 2. The Morgan fingerprint density at radius 1 is 1.60 bits per heavy atom. The van der Waals surface area contributed by atoms with Crippen molar-refractivity contribution in [2.24, 2.45) is 0 Å². The summed E-state index contributed by atoms with van der Waals surface area (Å²) in [5.41, 5.74) is -0.567. The van der Waals surface area contributed by atoms with Crippen LogP contribution in [0.5, 0.6) is 0 Å². The van der Waals surface area contributed by atoms with Crippen molar-refractivity contribution in [3.05, 3.63) is 28.4 Å². The van der Waals surface area contributed by atoms with Gasteiger partial charge in [-0.25, -0.2) is 4.98 Å². The zero-order chi connectivity index (χ0) is 11.5. The second-order valence-electron chi connectivity index (χ2n) is 3.55. The van der Waals surface area contributed by atoms with Crippen molar-refractivity contribution < 1.29 is 4.92 Å². The summed E-state index contributed by atoms with van der Waals surface area (Å²) in [5, 5.41) is 13.3. The van der Waals surface area contributed by atoms with Crippen molar-refractivity contribution >= 4 is 11.5 Å². The second kappa shape index (κ2) is 3.96. The van der Waals surface area contributed by atoms with Gasteiger partial charge in [-0.15, -0.1) is 6.42 Å². The van der Waals surface area contributed by atoms with Gasteiger partial charge < -0.3 is 5.32 Å². The zero-order valence-corrected chi connectivity index (χ0v) is 8.52. The smallest absolute Gasteiger partial charge is 0.287 e. The van der Waals surface area contributed by atoms with Gasteiger partial charge in [0, 0.05) is 6.07 Å². The molecule has 1 rings (SSSR count). The number of hydrogen-bond donors (Lipinski definition) is 1. The summed E-state index contributed by atoms with van der Waals surface area (Å²) < 4.78 is 0. The molecule has 5 heteroatoms. The maximum Gasteiger partial charge on any atom is 0.287 e. The van der Waals surface area contributed by atoms with E-state index in [1.165, 1.54) is 18.3 Å². The van der Waals surface area contributed by atoms with Crippen molar-refractivity contribution in [1.82, 2.24) is 4.98 Å². The van der Waals surface area contributed by atoms with E-state index in [9.17, 15) is 10.1 Å². The molecule has 1 aromatic heterocycles. The largest absolute Gasteiger partial charge is 0.354 e. The summed E-state index contributed by atoms with van der Waals surface area (Å²) in [6.45, 7) is 3.63. The summed E-state index contributed by atoms with van der Waals surface area (Å²) in [6.07, 6.45) is 6.47. The molecule has 0 saturated carbocycles. The third-order valence-corrected chi connectivity index (χ3v) is 1.76. The Morgan fingerprint density at radius 2 is 2.27 bits per heavy atom. The van der Waals surface area contributed by atoms with Gasteiger partial charge in [-0.3, -0.25) is 10.1 Å². The van der Waals surface area contributed by atoms with Gasteiger partial charge in [0.1, 0.15) is 12.0 Å². The van der Waals surface area contributed by atoms with Gasteiger partial charge in [0.25, 0.3) is 5.69 Å². The number of nitrogens with one attached hydrogen (secondary N) is 1. The Hall–Kier alpha value is -2.09. The van der Waals surface area contributed by atoms with Gasteiger partial charge in [-0.1, -0.05) is 5.92 Å². The van der Waals surface area contributed by atoms with Crippen LogP contribution < -0.4 is 5.32 Å². The van der Waals surface area contributed by atoms with Crippen molar-refractivity contribution in [3.8, 4) is 12.3 Å². The van der Waals surface area contributed by atoms with E-state index < -0.39 is 10.5 Å². The summed E-state index contributed by atoms with van der Waals surface area (Å²) in [5.74, 6) is 3.06. The van der Waals surface area contributed by atoms with Gasteiger partial charge >= 0.3 is 0 Å². The van der Waals surface area contributed by atoms with Crippen LogP contribution in [0.15, 0.2) is 18.3 Å². The second-order valence-corrected chi connectivity index (χ2v) is 3.55. The fraction of sp³-hybridized carbons (Fsp3) is 0.300. The molecule has 78 valence electrons. The number of aromatic nitrogens is 1. The Kier molecular flexibility index (Phi) is 2.90. The van der Waals surface area contributed by atoms with E-state index in [4.69, 9.17) is 6.42 Å².